The van der Waals surface area contributed by atoms with Crippen LogP contribution < -0.4 is 10.1 Å². The number of benzene rings is 1. The Labute approximate surface area is 165 Å². The normalized spacial score (nSPS) is 14.1. The van der Waals surface area contributed by atoms with Gasteiger partial charge in [-0.3, -0.25) is 4.79 Å². The lowest BCUT2D eigenvalue weighted by Gasteiger charge is -2.34. The minimum atomic E-state index is -0.123. The molecule has 3 rings (SSSR count). The number of carbonyl (C=O) groups is 2. The van der Waals surface area contributed by atoms with Crippen LogP contribution in [-0.4, -0.2) is 64.6 Å². The number of piperazine rings is 1. The molecule has 2 heterocycles. The molecule has 1 N–H and O–H groups in total. The Hall–Kier alpha value is -3.03. The molecule has 1 fully saturated rings. The highest BCUT2D eigenvalue weighted by atomic mass is 16.5. The van der Waals surface area contributed by atoms with E-state index < -0.39 is 0 Å². The van der Waals surface area contributed by atoms with Gasteiger partial charge in [0.2, 0.25) is 0 Å². The third-order valence-corrected chi connectivity index (χ3v) is 4.86. The Bertz CT molecular complexity index is 794. The summed E-state index contributed by atoms with van der Waals surface area (Å²) in [6.45, 7) is 5.45. The van der Waals surface area contributed by atoms with Crippen molar-refractivity contribution in [3.8, 4) is 5.75 Å². The first-order valence-corrected chi connectivity index (χ1v) is 9.58. The van der Waals surface area contributed by atoms with Crippen LogP contribution in [0.4, 0.5) is 4.79 Å². The SMILES string of the molecule is CCCn1ccnc1CNC(=O)N1CCN(C(=O)c2ccc(OC)cc2)CC1. The van der Waals surface area contributed by atoms with E-state index in [1.807, 2.05) is 10.8 Å². The molecule has 1 aliphatic rings. The van der Waals surface area contributed by atoms with Crippen LogP contribution in [0.2, 0.25) is 0 Å². The summed E-state index contributed by atoms with van der Waals surface area (Å²) in [5.74, 6) is 1.55. The van der Waals surface area contributed by atoms with Crippen LogP contribution in [0.1, 0.15) is 29.5 Å². The zero-order chi connectivity index (χ0) is 19.9. The van der Waals surface area contributed by atoms with Crippen LogP contribution in [0.3, 0.4) is 0 Å². The van der Waals surface area contributed by atoms with Gasteiger partial charge in [-0.1, -0.05) is 6.92 Å². The van der Waals surface area contributed by atoms with Crippen molar-refractivity contribution in [3.05, 3.63) is 48.0 Å². The number of ether oxygens (including phenoxy) is 1. The average molecular weight is 385 g/mol. The number of imidazole rings is 1. The second-order valence-electron chi connectivity index (χ2n) is 6.70. The van der Waals surface area contributed by atoms with Crippen molar-refractivity contribution in [1.29, 1.82) is 0 Å². The second kappa shape index (κ2) is 9.25. The van der Waals surface area contributed by atoms with E-state index >= 15 is 0 Å². The molecule has 0 saturated carbocycles. The predicted octanol–water partition coefficient (Wildman–Crippen LogP) is 1.97. The van der Waals surface area contributed by atoms with Gasteiger partial charge in [-0.15, -0.1) is 0 Å². The highest BCUT2D eigenvalue weighted by Gasteiger charge is 2.25. The molecule has 150 valence electrons. The summed E-state index contributed by atoms with van der Waals surface area (Å²) in [5, 5.41) is 2.93. The number of aryl methyl sites for hydroxylation is 1. The third-order valence-electron chi connectivity index (χ3n) is 4.86. The molecule has 0 spiro atoms. The Morgan fingerprint density at radius 1 is 1.11 bits per heavy atom. The van der Waals surface area contributed by atoms with Gasteiger partial charge in [0.25, 0.3) is 5.91 Å². The number of methoxy groups -OCH3 is 1. The average Bonchev–Trinajstić information content (AvgIpc) is 3.19. The first-order valence-electron chi connectivity index (χ1n) is 9.58. The molecule has 8 heteroatoms. The van der Waals surface area contributed by atoms with E-state index in [0.717, 1.165) is 24.5 Å². The lowest BCUT2D eigenvalue weighted by molar-refractivity contribution is 0.0665. The van der Waals surface area contributed by atoms with E-state index in [4.69, 9.17) is 4.74 Å². The van der Waals surface area contributed by atoms with E-state index in [2.05, 4.69) is 17.2 Å². The van der Waals surface area contributed by atoms with E-state index in [-0.39, 0.29) is 11.9 Å². The third kappa shape index (κ3) is 4.62. The lowest BCUT2D eigenvalue weighted by Crippen LogP contribution is -2.53. The van der Waals surface area contributed by atoms with Crippen molar-refractivity contribution in [2.75, 3.05) is 33.3 Å². The highest BCUT2D eigenvalue weighted by Crippen LogP contribution is 2.14. The molecule has 0 unspecified atom stereocenters. The number of aromatic nitrogens is 2. The maximum absolute atomic E-state index is 12.6. The van der Waals surface area contributed by atoms with Gasteiger partial charge in [-0.25, -0.2) is 9.78 Å². The van der Waals surface area contributed by atoms with Gasteiger partial charge in [0, 0.05) is 50.7 Å². The van der Waals surface area contributed by atoms with Crippen LogP contribution in [0, 0.1) is 0 Å². The molecule has 8 nitrogen and oxygen atoms in total. The molecular weight excluding hydrogens is 358 g/mol. The van der Waals surface area contributed by atoms with Crippen molar-refractivity contribution in [1.82, 2.24) is 24.7 Å². The molecule has 0 atom stereocenters. The van der Waals surface area contributed by atoms with Crippen LogP contribution in [-0.2, 0) is 13.1 Å². The monoisotopic (exact) mass is 385 g/mol. The standard InChI is InChI=1S/C20H27N5O3/c1-3-9-23-10-8-21-18(23)15-22-20(27)25-13-11-24(12-14-25)19(26)16-4-6-17(28-2)7-5-16/h4-8,10H,3,9,11-15H2,1-2H3,(H,22,27). The van der Waals surface area contributed by atoms with Crippen molar-refractivity contribution in [2.45, 2.75) is 26.4 Å². The Balaban J connectivity index is 1.48. The first kappa shape index (κ1) is 19.7. The zero-order valence-electron chi connectivity index (χ0n) is 16.4. The summed E-state index contributed by atoms with van der Waals surface area (Å²) >= 11 is 0. The number of rotatable bonds is 6. The maximum Gasteiger partial charge on any atom is 0.317 e. The number of amides is 3. The van der Waals surface area contributed by atoms with Gasteiger partial charge in [0.15, 0.2) is 0 Å². The number of hydrogen-bond donors (Lipinski definition) is 1. The number of hydrogen-bond acceptors (Lipinski definition) is 4. The number of nitrogens with zero attached hydrogens (tertiary/aromatic N) is 4. The van der Waals surface area contributed by atoms with Crippen molar-refractivity contribution in [2.24, 2.45) is 0 Å². The minimum Gasteiger partial charge on any atom is -0.497 e. The minimum absolute atomic E-state index is 0.0238. The van der Waals surface area contributed by atoms with Gasteiger partial charge < -0.3 is 24.4 Å². The fourth-order valence-electron chi connectivity index (χ4n) is 3.25. The van der Waals surface area contributed by atoms with Crippen LogP contribution in [0.15, 0.2) is 36.7 Å². The summed E-state index contributed by atoms with van der Waals surface area (Å²) in [7, 11) is 1.60. The molecule has 2 aromatic rings. The molecular formula is C20H27N5O3. The summed E-state index contributed by atoms with van der Waals surface area (Å²) in [5.41, 5.74) is 0.626. The molecule has 3 amide bonds. The fraction of sp³-hybridized carbons (Fsp3) is 0.450. The summed E-state index contributed by atoms with van der Waals surface area (Å²) in [4.78, 5) is 32.9. The van der Waals surface area contributed by atoms with Crippen LogP contribution in [0.5, 0.6) is 5.75 Å². The Morgan fingerprint density at radius 3 is 2.43 bits per heavy atom. The first-order chi connectivity index (χ1) is 13.6. The molecule has 1 aliphatic heterocycles. The molecule has 1 saturated heterocycles. The smallest absolute Gasteiger partial charge is 0.317 e. The van der Waals surface area contributed by atoms with E-state index in [1.54, 1.807) is 47.4 Å². The largest absolute Gasteiger partial charge is 0.497 e. The second-order valence-corrected chi connectivity index (χ2v) is 6.70. The van der Waals surface area contributed by atoms with E-state index in [1.165, 1.54) is 0 Å². The quantitative estimate of drug-likeness (QED) is 0.825. The summed E-state index contributed by atoms with van der Waals surface area (Å²) in [6.07, 6.45) is 4.69. The predicted molar refractivity (Wildman–Crippen MR) is 105 cm³/mol. The van der Waals surface area contributed by atoms with Crippen LogP contribution >= 0.6 is 0 Å². The highest BCUT2D eigenvalue weighted by molar-refractivity contribution is 5.94. The maximum atomic E-state index is 12.6. The van der Waals surface area contributed by atoms with Crippen molar-refractivity contribution < 1.29 is 14.3 Å². The fourth-order valence-corrected chi connectivity index (χ4v) is 3.25. The Kier molecular flexibility index (Phi) is 6.52. The zero-order valence-corrected chi connectivity index (χ0v) is 16.4. The van der Waals surface area contributed by atoms with Gasteiger partial charge in [-0.2, -0.15) is 0 Å². The van der Waals surface area contributed by atoms with Gasteiger partial charge >= 0.3 is 6.03 Å². The van der Waals surface area contributed by atoms with Gasteiger partial charge in [-0.05, 0) is 30.7 Å². The number of nitrogens with one attached hydrogen (secondary N) is 1. The molecule has 1 aromatic carbocycles. The van der Waals surface area contributed by atoms with Crippen molar-refractivity contribution >= 4 is 11.9 Å². The number of urea groups is 1. The topological polar surface area (TPSA) is 79.7 Å². The van der Waals surface area contributed by atoms with Crippen LogP contribution in [0.25, 0.3) is 0 Å². The van der Waals surface area contributed by atoms with E-state index in [9.17, 15) is 9.59 Å². The molecule has 28 heavy (non-hydrogen) atoms. The van der Waals surface area contributed by atoms with Crippen molar-refractivity contribution in [3.63, 3.8) is 0 Å². The van der Waals surface area contributed by atoms with E-state index in [0.29, 0.717) is 38.3 Å². The number of carbonyl (C=O) groups excluding carboxylic acids is 2. The summed E-state index contributed by atoms with van der Waals surface area (Å²) < 4.78 is 7.17. The Morgan fingerprint density at radius 2 is 1.79 bits per heavy atom. The lowest BCUT2D eigenvalue weighted by atomic mass is 10.1. The summed E-state index contributed by atoms with van der Waals surface area (Å²) in [6, 6.07) is 6.96. The molecule has 0 radical (unpaired) electrons. The molecule has 1 aromatic heterocycles. The van der Waals surface area contributed by atoms with Gasteiger partial charge in [0.1, 0.15) is 11.6 Å². The molecule has 0 aliphatic carbocycles. The molecule has 0 bridgehead atoms. The van der Waals surface area contributed by atoms with Gasteiger partial charge in [0.05, 0.1) is 13.7 Å².